The van der Waals surface area contributed by atoms with E-state index in [1.54, 1.807) is 0 Å². The van der Waals surface area contributed by atoms with Crippen LogP contribution in [0.1, 0.15) is 44.5 Å². The van der Waals surface area contributed by atoms with Crippen molar-refractivity contribution >= 4 is 5.52 Å². The second-order valence-electron chi connectivity index (χ2n) is 4.46. The highest BCUT2D eigenvalue weighted by atomic mass is 14.9. The van der Waals surface area contributed by atoms with E-state index in [1.807, 2.05) is 0 Å². The van der Waals surface area contributed by atoms with E-state index < -0.39 is 0 Å². The van der Waals surface area contributed by atoms with Gasteiger partial charge in [-0.15, -0.1) is 0 Å². The van der Waals surface area contributed by atoms with Crippen LogP contribution in [-0.2, 0) is 12.8 Å². The Morgan fingerprint density at radius 2 is 1.69 bits per heavy atom. The van der Waals surface area contributed by atoms with Crippen LogP contribution in [0, 0.1) is 0 Å². The fourth-order valence-corrected chi connectivity index (χ4v) is 2.31. The van der Waals surface area contributed by atoms with Crippen molar-refractivity contribution < 1.29 is 0 Å². The predicted molar refractivity (Wildman–Crippen MR) is 70.0 cm³/mol. The van der Waals surface area contributed by atoms with Gasteiger partial charge in [-0.05, 0) is 43.5 Å². The van der Waals surface area contributed by atoms with Gasteiger partial charge in [0.15, 0.2) is 0 Å². The molecule has 0 atom stereocenters. The Hall–Kier alpha value is -1.24. The third-order valence-electron chi connectivity index (χ3n) is 3.13. The maximum absolute atomic E-state index is 2.44. The highest BCUT2D eigenvalue weighted by molar-refractivity contribution is 5.51. The lowest BCUT2D eigenvalue weighted by Gasteiger charge is -2.09. The molecule has 0 radical (unpaired) electrons. The molecule has 0 saturated heterocycles. The summed E-state index contributed by atoms with van der Waals surface area (Å²) in [7, 11) is 0. The van der Waals surface area contributed by atoms with Gasteiger partial charge in [0.2, 0.25) is 0 Å². The van der Waals surface area contributed by atoms with Gasteiger partial charge in [-0.3, -0.25) is 0 Å². The first kappa shape index (κ1) is 11.3. The molecule has 0 aliphatic heterocycles. The summed E-state index contributed by atoms with van der Waals surface area (Å²) in [5, 5.41) is 0. The van der Waals surface area contributed by atoms with Crippen molar-refractivity contribution in [2.24, 2.45) is 0 Å². The van der Waals surface area contributed by atoms with Gasteiger partial charge in [-0.2, -0.15) is 0 Å². The number of hydrogen-bond donors (Lipinski definition) is 0. The summed E-state index contributed by atoms with van der Waals surface area (Å²) in [5.41, 5.74) is 4.27. The second-order valence-corrected chi connectivity index (χ2v) is 4.46. The van der Waals surface area contributed by atoms with Crippen LogP contribution < -0.4 is 0 Å². The van der Waals surface area contributed by atoms with Crippen LogP contribution in [0.5, 0.6) is 0 Å². The molecule has 2 rings (SSSR count). The SMILES string of the molecule is CCCCc1ccc2cccc(CCC)n12. The van der Waals surface area contributed by atoms with E-state index in [0.29, 0.717) is 0 Å². The third-order valence-corrected chi connectivity index (χ3v) is 3.13. The van der Waals surface area contributed by atoms with Crippen LogP contribution in [0.3, 0.4) is 0 Å². The summed E-state index contributed by atoms with van der Waals surface area (Å²) in [6.45, 7) is 4.50. The van der Waals surface area contributed by atoms with E-state index in [9.17, 15) is 0 Å². The molecular weight excluding hydrogens is 194 g/mol. The van der Waals surface area contributed by atoms with Crippen molar-refractivity contribution in [2.75, 3.05) is 0 Å². The number of fused-ring (bicyclic) bond motifs is 1. The number of rotatable bonds is 5. The van der Waals surface area contributed by atoms with E-state index in [4.69, 9.17) is 0 Å². The first-order valence-corrected chi connectivity index (χ1v) is 6.45. The normalized spacial score (nSPS) is 11.1. The first-order chi connectivity index (χ1) is 7.86. The van der Waals surface area contributed by atoms with E-state index >= 15 is 0 Å². The Labute approximate surface area is 98.1 Å². The van der Waals surface area contributed by atoms with Crippen LogP contribution in [0.2, 0.25) is 0 Å². The molecule has 0 fully saturated rings. The lowest BCUT2D eigenvalue weighted by Crippen LogP contribution is -2.00. The molecule has 0 aliphatic rings. The number of pyridine rings is 1. The number of unbranched alkanes of at least 4 members (excludes halogenated alkanes) is 1. The molecular formula is C15H21N. The first-order valence-electron chi connectivity index (χ1n) is 6.45. The summed E-state index contributed by atoms with van der Waals surface area (Å²) in [6, 6.07) is 11.2. The zero-order valence-electron chi connectivity index (χ0n) is 10.4. The zero-order chi connectivity index (χ0) is 11.4. The number of hydrogen-bond acceptors (Lipinski definition) is 0. The largest absolute Gasteiger partial charge is 0.318 e. The summed E-state index contributed by atoms with van der Waals surface area (Å²) >= 11 is 0. The van der Waals surface area contributed by atoms with Crippen molar-refractivity contribution in [1.29, 1.82) is 0 Å². The van der Waals surface area contributed by atoms with Crippen LogP contribution in [0.4, 0.5) is 0 Å². The standard InChI is InChI=1S/C15H21N/c1-3-5-8-14-11-12-15-10-6-9-13(7-4-2)16(14)15/h6,9-12H,3-5,7-8H2,1-2H3. The Morgan fingerprint density at radius 3 is 2.44 bits per heavy atom. The Balaban J connectivity index is 2.41. The minimum absolute atomic E-state index is 1.17. The molecule has 2 aromatic heterocycles. The lowest BCUT2D eigenvalue weighted by atomic mass is 10.2. The molecule has 2 aromatic rings. The fourth-order valence-electron chi connectivity index (χ4n) is 2.31. The average molecular weight is 215 g/mol. The van der Waals surface area contributed by atoms with Gasteiger partial charge >= 0.3 is 0 Å². The molecule has 1 heteroatoms. The van der Waals surface area contributed by atoms with Crippen molar-refractivity contribution in [2.45, 2.75) is 46.0 Å². The lowest BCUT2D eigenvalue weighted by molar-refractivity contribution is 0.754. The van der Waals surface area contributed by atoms with E-state index in [-0.39, 0.29) is 0 Å². The van der Waals surface area contributed by atoms with Gasteiger partial charge in [0.25, 0.3) is 0 Å². The average Bonchev–Trinajstić information content (AvgIpc) is 2.71. The van der Waals surface area contributed by atoms with Gasteiger partial charge in [-0.1, -0.05) is 32.8 Å². The molecule has 0 aliphatic carbocycles. The van der Waals surface area contributed by atoms with E-state index in [0.717, 1.165) is 0 Å². The number of aryl methyl sites for hydroxylation is 2. The van der Waals surface area contributed by atoms with Gasteiger partial charge < -0.3 is 4.40 Å². The van der Waals surface area contributed by atoms with Crippen molar-refractivity contribution in [1.82, 2.24) is 4.40 Å². The smallest absolute Gasteiger partial charge is 0.0455 e. The molecule has 86 valence electrons. The molecule has 1 nitrogen and oxygen atoms in total. The van der Waals surface area contributed by atoms with Gasteiger partial charge in [0, 0.05) is 16.9 Å². The van der Waals surface area contributed by atoms with E-state index in [1.165, 1.54) is 49.0 Å². The Bertz CT molecular complexity index is 453. The highest BCUT2D eigenvalue weighted by Gasteiger charge is 2.04. The predicted octanol–water partition coefficient (Wildman–Crippen LogP) is 4.23. The van der Waals surface area contributed by atoms with Crippen molar-refractivity contribution in [3.8, 4) is 0 Å². The highest BCUT2D eigenvalue weighted by Crippen LogP contribution is 2.16. The molecule has 0 bridgehead atoms. The van der Waals surface area contributed by atoms with E-state index in [2.05, 4.69) is 48.6 Å². The monoisotopic (exact) mass is 215 g/mol. The second kappa shape index (κ2) is 5.20. The number of aromatic nitrogens is 1. The molecule has 2 heterocycles. The molecule has 0 spiro atoms. The van der Waals surface area contributed by atoms with Crippen LogP contribution in [-0.4, -0.2) is 4.40 Å². The summed E-state index contributed by atoms with van der Waals surface area (Å²) in [6.07, 6.45) is 6.14. The molecule has 0 N–H and O–H groups in total. The van der Waals surface area contributed by atoms with Crippen LogP contribution in [0.15, 0.2) is 30.3 Å². The fraction of sp³-hybridized carbons (Fsp3) is 0.467. The van der Waals surface area contributed by atoms with Crippen LogP contribution in [0.25, 0.3) is 5.52 Å². The van der Waals surface area contributed by atoms with Gasteiger partial charge in [0.1, 0.15) is 0 Å². The zero-order valence-corrected chi connectivity index (χ0v) is 10.4. The van der Waals surface area contributed by atoms with Crippen molar-refractivity contribution in [3.05, 3.63) is 41.7 Å². The molecule has 0 aromatic carbocycles. The summed E-state index contributed by atoms with van der Waals surface area (Å²) < 4.78 is 2.44. The van der Waals surface area contributed by atoms with Gasteiger partial charge in [0.05, 0.1) is 0 Å². The van der Waals surface area contributed by atoms with Crippen LogP contribution >= 0.6 is 0 Å². The number of nitrogens with zero attached hydrogens (tertiary/aromatic N) is 1. The van der Waals surface area contributed by atoms with Gasteiger partial charge in [-0.25, -0.2) is 0 Å². The third kappa shape index (κ3) is 2.13. The summed E-state index contributed by atoms with van der Waals surface area (Å²) in [5.74, 6) is 0. The minimum Gasteiger partial charge on any atom is -0.318 e. The topological polar surface area (TPSA) is 4.41 Å². The van der Waals surface area contributed by atoms with Crippen molar-refractivity contribution in [3.63, 3.8) is 0 Å². The Kier molecular flexibility index (Phi) is 3.66. The maximum atomic E-state index is 2.44. The minimum atomic E-state index is 1.17. The summed E-state index contributed by atoms with van der Waals surface area (Å²) in [4.78, 5) is 0. The molecule has 0 saturated carbocycles. The quantitative estimate of drug-likeness (QED) is 0.703. The molecule has 0 unspecified atom stereocenters. The Morgan fingerprint density at radius 1 is 0.875 bits per heavy atom. The maximum Gasteiger partial charge on any atom is 0.0455 e. The molecule has 0 amide bonds. The molecule has 16 heavy (non-hydrogen) atoms.